The molecule has 2 unspecified atom stereocenters. The van der Waals surface area contributed by atoms with E-state index in [1.807, 2.05) is 0 Å². The second kappa shape index (κ2) is 78.9. The van der Waals surface area contributed by atoms with Gasteiger partial charge in [-0.05, 0) is 116 Å². The average molecular weight is 1340 g/mol. The Balaban J connectivity index is 3.83. The van der Waals surface area contributed by atoms with Crippen LogP contribution in [-0.4, -0.2) is 49.3 Å². The third-order valence-corrected chi connectivity index (χ3v) is 17.7. The standard InChI is InChI=1S/C85H146NO8P/c1-3-5-7-9-11-13-15-17-19-21-23-25-27-29-31-33-35-37-39-41-43-45-47-49-51-53-55-57-59-61-63-65-67-69-71-73-75-77-84(87)91-81-83(82-93-95(89,90)92-80-79-86)94-85(88)78-76-74-72-70-68-66-64-62-60-58-56-54-52-50-48-46-44-42-40-38-36-34-32-30-28-26-24-22-20-18-16-14-12-10-8-6-4-2/h5-8,11-14,17-20,23-26,29-32,36,38,42,44,83H,3-4,9-10,15-16,21-22,27-28,33-35,37,39-41,43,45-82,86H2,1-2H3,(H,89,90)/b7-5-,8-6-,13-11-,14-12-,19-17-,20-18-,25-23-,26-24-,31-29-,32-30-,38-36-,44-42-. The number of unbranched alkanes of at least 4 members (excludes halogenated alkanes) is 36. The monoisotopic (exact) mass is 1340 g/mol. The lowest BCUT2D eigenvalue weighted by Gasteiger charge is -2.19. The van der Waals surface area contributed by atoms with Crippen LogP contribution in [0.1, 0.15) is 348 Å². The van der Waals surface area contributed by atoms with E-state index in [1.165, 1.54) is 199 Å². The Labute approximate surface area is 586 Å². The number of phosphoric ester groups is 1. The summed E-state index contributed by atoms with van der Waals surface area (Å²) in [5.41, 5.74) is 5.41. The van der Waals surface area contributed by atoms with Gasteiger partial charge in [-0.3, -0.25) is 18.6 Å². The summed E-state index contributed by atoms with van der Waals surface area (Å²) in [5.74, 6) is -0.818. The smallest absolute Gasteiger partial charge is 0.462 e. The predicted octanol–water partition coefficient (Wildman–Crippen LogP) is 26.5. The molecule has 0 heterocycles. The van der Waals surface area contributed by atoms with Gasteiger partial charge in [0.1, 0.15) is 6.61 Å². The molecule has 544 valence electrons. The van der Waals surface area contributed by atoms with Gasteiger partial charge in [-0.1, -0.05) is 365 Å². The van der Waals surface area contributed by atoms with Gasteiger partial charge in [0.05, 0.1) is 13.2 Å². The summed E-state index contributed by atoms with van der Waals surface area (Å²) in [7, 11) is -4.40. The zero-order valence-electron chi connectivity index (χ0n) is 61.4. The molecular formula is C85H146NO8P. The van der Waals surface area contributed by atoms with E-state index in [0.29, 0.717) is 6.42 Å². The zero-order valence-corrected chi connectivity index (χ0v) is 62.3. The fraction of sp³-hybridized carbons (Fsp3) is 0.694. The van der Waals surface area contributed by atoms with Crippen molar-refractivity contribution in [3.8, 4) is 0 Å². The molecule has 0 aromatic carbocycles. The van der Waals surface area contributed by atoms with Gasteiger partial charge in [-0.2, -0.15) is 0 Å². The first-order valence-electron chi connectivity index (χ1n) is 39.3. The van der Waals surface area contributed by atoms with Crippen LogP contribution in [0, 0.1) is 0 Å². The zero-order chi connectivity index (χ0) is 68.6. The number of hydrogen-bond donors (Lipinski definition) is 2. The lowest BCUT2D eigenvalue weighted by Crippen LogP contribution is -2.29. The van der Waals surface area contributed by atoms with Crippen LogP contribution in [0.4, 0.5) is 0 Å². The molecule has 0 saturated carbocycles. The molecule has 3 N–H and O–H groups in total. The van der Waals surface area contributed by atoms with Crippen LogP contribution in [-0.2, 0) is 32.7 Å². The predicted molar refractivity (Wildman–Crippen MR) is 413 cm³/mol. The molecule has 95 heavy (non-hydrogen) atoms. The van der Waals surface area contributed by atoms with Gasteiger partial charge in [-0.25, -0.2) is 4.57 Å². The van der Waals surface area contributed by atoms with Crippen LogP contribution in [0.5, 0.6) is 0 Å². The van der Waals surface area contributed by atoms with Crippen LogP contribution in [0.2, 0.25) is 0 Å². The van der Waals surface area contributed by atoms with Crippen molar-refractivity contribution in [2.75, 3.05) is 26.4 Å². The highest BCUT2D eigenvalue weighted by atomic mass is 31.2. The molecule has 0 fully saturated rings. The highest BCUT2D eigenvalue weighted by molar-refractivity contribution is 7.47. The molecule has 9 nitrogen and oxygen atoms in total. The summed E-state index contributed by atoms with van der Waals surface area (Å²) in [5, 5.41) is 0. The second-order valence-electron chi connectivity index (χ2n) is 25.8. The summed E-state index contributed by atoms with van der Waals surface area (Å²) in [6.07, 6.45) is 114. The van der Waals surface area contributed by atoms with E-state index < -0.39 is 26.5 Å². The van der Waals surface area contributed by atoms with Crippen molar-refractivity contribution in [1.82, 2.24) is 0 Å². The van der Waals surface area contributed by atoms with Gasteiger partial charge >= 0.3 is 19.8 Å². The third kappa shape index (κ3) is 78.8. The topological polar surface area (TPSA) is 134 Å². The van der Waals surface area contributed by atoms with Crippen LogP contribution in [0.3, 0.4) is 0 Å². The Morgan fingerprint density at radius 1 is 0.316 bits per heavy atom. The van der Waals surface area contributed by atoms with Crippen molar-refractivity contribution in [3.63, 3.8) is 0 Å². The number of nitrogens with two attached hydrogens (primary N) is 1. The first kappa shape index (κ1) is 90.9. The van der Waals surface area contributed by atoms with Gasteiger partial charge in [0, 0.05) is 19.4 Å². The maximum absolute atomic E-state index is 12.8. The molecule has 0 aliphatic heterocycles. The SMILES string of the molecule is CC/C=C\C/C=C\C/C=C\C/C=C\C/C=C\C/C=C\C/C=C\CCCCCCCCCCCCCCCCCC(=O)OC(COC(=O)CCCCCCCCCCCCCCCCCCCCCCC/C=C\C/C=C\C/C=C\C/C=C\C/C=C\CC)COP(=O)(O)OCCN. The Morgan fingerprint density at radius 2 is 0.547 bits per heavy atom. The molecule has 0 radical (unpaired) electrons. The van der Waals surface area contributed by atoms with Crippen molar-refractivity contribution in [2.45, 2.75) is 354 Å². The molecule has 0 aliphatic carbocycles. The lowest BCUT2D eigenvalue weighted by molar-refractivity contribution is -0.161. The number of carbonyl (C=O) groups is 2. The maximum atomic E-state index is 12.8. The number of rotatable bonds is 73. The molecule has 0 amide bonds. The third-order valence-electron chi connectivity index (χ3n) is 16.7. The van der Waals surface area contributed by atoms with Crippen LogP contribution in [0.25, 0.3) is 0 Å². The van der Waals surface area contributed by atoms with Crippen molar-refractivity contribution in [3.05, 3.63) is 146 Å². The first-order valence-corrected chi connectivity index (χ1v) is 40.8. The highest BCUT2D eigenvalue weighted by Gasteiger charge is 2.26. The minimum absolute atomic E-state index is 0.0502. The fourth-order valence-corrected chi connectivity index (χ4v) is 11.8. The number of allylic oxidation sites excluding steroid dienone is 24. The van der Waals surface area contributed by atoms with Crippen molar-refractivity contribution >= 4 is 19.8 Å². The van der Waals surface area contributed by atoms with Crippen molar-refractivity contribution < 1.29 is 37.6 Å². The van der Waals surface area contributed by atoms with Gasteiger partial charge in [-0.15, -0.1) is 0 Å². The van der Waals surface area contributed by atoms with E-state index in [0.717, 1.165) is 116 Å². The number of carbonyl (C=O) groups excluding carboxylic acids is 2. The highest BCUT2D eigenvalue weighted by Crippen LogP contribution is 2.43. The van der Waals surface area contributed by atoms with Crippen molar-refractivity contribution in [2.24, 2.45) is 5.73 Å². The molecule has 0 spiro atoms. The van der Waals surface area contributed by atoms with E-state index in [4.69, 9.17) is 24.3 Å². The summed E-state index contributed by atoms with van der Waals surface area (Å²) in [6, 6.07) is 0. The molecule has 10 heteroatoms. The second-order valence-corrected chi connectivity index (χ2v) is 27.3. The molecule has 0 bridgehead atoms. The average Bonchev–Trinajstić information content (AvgIpc) is 2.64. The summed E-state index contributed by atoms with van der Waals surface area (Å²) in [6.45, 7) is 3.55. The fourth-order valence-electron chi connectivity index (χ4n) is 11.0. The molecule has 0 aliphatic rings. The number of ether oxygens (including phenoxy) is 2. The molecule has 2 atom stereocenters. The van der Waals surface area contributed by atoms with Crippen LogP contribution < -0.4 is 5.73 Å². The Bertz CT molecular complexity index is 2080. The van der Waals surface area contributed by atoms with Gasteiger partial charge < -0.3 is 20.1 Å². The van der Waals surface area contributed by atoms with Gasteiger partial charge in [0.15, 0.2) is 6.10 Å². The van der Waals surface area contributed by atoms with Gasteiger partial charge in [0.25, 0.3) is 0 Å². The molecule has 0 rings (SSSR count). The number of esters is 2. The number of hydrogen-bond acceptors (Lipinski definition) is 8. The molecular weight excluding hydrogens is 1190 g/mol. The first-order chi connectivity index (χ1) is 46.8. The molecule has 0 saturated heterocycles. The van der Waals surface area contributed by atoms with E-state index in [-0.39, 0.29) is 38.6 Å². The minimum atomic E-state index is -4.40. The van der Waals surface area contributed by atoms with E-state index in [1.54, 1.807) is 0 Å². The van der Waals surface area contributed by atoms with E-state index >= 15 is 0 Å². The summed E-state index contributed by atoms with van der Waals surface area (Å²) < 4.78 is 33.3. The maximum Gasteiger partial charge on any atom is 0.472 e. The molecule has 0 aromatic heterocycles. The minimum Gasteiger partial charge on any atom is -0.462 e. The Kier molecular flexibility index (Phi) is 75.5. The lowest BCUT2D eigenvalue weighted by atomic mass is 10.0. The van der Waals surface area contributed by atoms with Crippen LogP contribution >= 0.6 is 7.82 Å². The normalized spacial score (nSPS) is 13.7. The van der Waals surface area contributed by atoms with E-state index in [9.17, 15) is 19.0 Å². The van der Waals surface area contributed by atoms with Crippen molar-refractivity contribution in [1.29, 1.82) is 0 Å². The summed E-state index contributed by atoms with van der Waals surface area (Å²) in [4.78, 5) is 35.5. The van der Waals surface area contributed by atoms with E-state index in [2.05, 4.69) is 160 Å². The van der Waals surface area contributed by atoms with Gasteiger partial charge in [0.2, 0.25) is 0 Å². The Hall–Kier alpha value is -4.11. The number of phosphoric acid groups is 1. The van der Waals surface area contributed by atoms with Crippen LogP contribution in [0.15, 0.2) is 146 Å². The Morgan fingerprint density at radius 3 is 0.811 bits per heavy atom. The largest absolute Gasteiger partial charge is 0.472 e. The molecule has 0 aromatic rings. The summed E-state index contributed by atoms with van der Waals surface area (Å²) >= 11 is 0. The quantitative estimate of drug-likeness (QED) is 0.0264.